The maximum absolute atomic E-state index is 12.4. The van der Waals surface area contributed by atoms with Gasteiger partial charge in [-0.2, -0.15) is 4.99 Å². The SMILES string of the molecule is CCOc1ccc2c(c1)sc(=NC(=O)c1ccc(Cl)s1)n2CCOC. The molecule has 0 aliphatic carbocycles. The topological polar surface area (TPSA) is 52.8 Å². The van der Waals surface area contributed by atoms with Crippen LogP contribution in [-0.4, -0.2) is 30.8 Å². The van der Waals surface area contributed by atoms with E-state index in [2.05, 4.69) is 4.99 Å². The van der Waals surface area contributed by atoms with Crippen molar-refractivity contribution in [1.82, 2.24) is 4.57 Å². The molecule has 5 nitrogen and oxygen atoms in total. The molecule has 0 atom stereocenters. The number of hydrogen-bond donors (Lipinski definition) is 0. The number of aromatic nitrogens is 1. The molecule has 3 rings (SSSR count). The van der Waals surface area contributed by atoms with Crippen LogP contribution >= 0.6 is 34.3 Å². The molecule has 2 aromatic heterocycles. The summed E-state index contributed by atoms with van der Waals surface area (Å²) in [5, 5.41) is 0. The van der Waals surface area contributed by atoms with E-state index in [-0.39, 0.29) is 5.91 Å². The summed E-state index contributed by atoms with van der Waals surface area (Å²) in [5.74, 6) is 0.512. The monoisotopic (exact) mass is 396 g/mol. The van der Waals surface area contributed by atoms with E-state index in [4.69, 9.17) is 21.1 Å². The Morgan fingerprint density at radius 2 is 2.12 bits per heavy atom. The van der Waals surface area contributed by atoms with E-state index in [0.717, 1.165) is 16.0 Å². The van der Waals surface area contributed by atoms with Gasteiger partial charge in [0.05, 0.1) is 32.6 Å². The fraction of sp³-hybridized carbons (Fsp3) is 0.294. The van der Waals surface area contributed by atoms with Crippen LogP contribution in [0.15, 0.2) is 35.3 Å². The average molecular weight is 397 g/mol. The summed E-state index contributed by atoms with van der Waals surface area (Å²) in [5.41, 5.74) is 1.00. The van der Waals surface area contributed by atoms with Crippen LogP contribution in [0.5, 0.6) is 5.75 Å². The summed E-state index contributed by atoms with van der Waals surface area (Å²) in [6.07, 6.45) is 0. The summed E-state index contributed by atoms with van der Waals surface area (Å²) in [4.78, 5) is 17.9. The third kappa shape index (κ3) is 4.12. The van der Waals surface area contributed by atoms with Gasteiger partial charge < -0.3 is 14.0 Å². The van der Waals surface area contributed by atoms with Gasteiger partial charge in [-0.3, -0.25) is 4.79 Å². The van der Waals surface area contributed by atoms with Crippen molar-refractivity contribution in [1.29, 1.82) is 0 Å². The number of hydrogen-bond acceptors (Lipinski definition) is 5. The Morgan fingerprint density at radius 1 is 1.28 bits per heavy atom. The van der Waals surface area contributed by atoms with E-state index < -0.39 is 0 Å². The Kier molecular flexibility index (Phi) is 5.90. The molecule has 0 aliphatic heterocycles. The second-order valence-electron chi connectivity index (χ2n) is 5.11. The molecule has 0 saturated heterocycles. The largest absolute Gasteiger partial charge is 0.494 e. The molecule has 0 bridgehead atoms. The summed E-state index contributed by atoms with van der Waals surface area (Å²) >= 11 is 8.59. The molecule has 0 fully saturated rings. The smallest absolute Gasteiger partial charge is 0.289 e. The number of rotatable bonds is 6. The fourth-order valence-electron chi connectivity index (χ4n) is 2.37. The lowest BCUT2D eigenvalue weighted by Crippen LogP contribution is -2.19. The molecule has 1 amide bonds. The predicted octanol–water partition coefficient (Wildman–Crippen LogP) is 4.20. The molecule has 3 aromatic rings. The fourth-order valence-corrected chi connectivity index (χ4v) is 4.38. The van der Waals surface area contributed by atoms with Crippen LogP contribution in [0.1, 0.15) is 16.6 Å². The van der Waals surface area contributed by atoms with Gasteiger partial charge in [0.1, 0.15) is 5.75 Å². The molecule has 2 heterocycles. The second kappa shape index (κ2) is 8.14. The van der Waals surface area contributed by atoms with Crippen molar-refractivity contribution in [3.8, 4) is 5.75 Å². The number of halogens is 1. The van der Waals surface area contributed by atoms with Crippen molar-refractivity contribution in [2.45, 2.75) is 13.5 Å². The Morgan fingerprint density at radius 3 is 2.80 bits per heavy atom. The van der Waals surface area contributed by atoms with Gasteiger partial charge in [-0.05, 0) is 37.3 Å². The number of methoxy groups -OCH3 is 1. The van der Waals surface area contributed by atoms with Crippen molar-refractivity contribution < 1.29 is 14.3 Å². The van der Waals surface area contributed by atoms with Crippen LogP contribution in [0.25, 0.3) is 10.2 Å². The first kappa shape index (κ1) is 18.1. The van der Waals surface area contributed by atoms with Gasteiger partial charge in [0, 0.05) is 13.7 Å². The molecule has 25 heavy (non-hydrogen) atoms. The van der Waals surface area contributed by atoms with Crippen LogP contribution in [0.3, 0.4) is 0 Å². The summed E-state index contributed by atoms with van der Waals surface area (Å²) in [6.45, 7) is 3.70. The Bertz CT molecular complexity index is 958. The van der Waals surface area contributed by atoms with Crippen molar-refractivity contribution >= 4 is 50.4 Å². The summed E-state index contributed by atoms with van der Waals surface area (Å²) < 4.78 is 14.3. The van der Waals surface area contributed by atoms with Crippen molar-refractivity contribution in [3.05, 3.63) is 44.3 Å². The first-order valence-electron chi connectivity index (χ1n) is 7.72. The van der Waals surface area contributed by atoms with Gasteiger partial charge in [0.25, 0.3) is 5.91 Å². The molecular formula is C17H17ClN2O3S2. The first-order valence-corrected chi connectivity index (χ1v) is 9.73. The van der Waals surface area contributed by atoms with E-state index >= 15 is 0 Å². The van der Waals surface area contributed by atoms with Crippen LogP contribution in [-0.2, 0) is 11.3 Å². The first-order chi connectivity index (χ1) is 12.1. The van der Waals surface area contributed by atoms with Crippen LogP contribution in [0.2, 0.25) is 4.34 Å². The normalized spacial score (nSPS) is 12.0. The molecule has 0 radical (unpaired) electrons. The van der Waals surface area contributed by atoms with E-state index in [9.17, 15) is 4.79 Å². The number of benzene rings is 1. The minimum Gasteiger partial charge on any atom is -0.494 e. The lowest BCUT2D eigenvalue weighted by Gasteiger charge is -2.05. The number of carbonyl (C=O) groups excluding carboxylic acids is 1. The highest BCUT2D eigenvalue weighted by molar-refractivity contribution is 7.18. The van der Waals surface area contributed by atoms with Gasteiger partial charge in [0.15, 0.2) is 4.80 Å². The quantitative estimate of drug-likeness (QED) is 0.627. The van der Waals surface area contributed by atoms with E-state index in [1.54, 1.807) is 19.2 Å². The molecule has 0 N–H and O–H groups in total. The lowest BCUT2D eigenvalue weighted by molar-refractivity contribution is 0.100. The van der Waals surface area contributed by atoms with Gasteiger partial charge >= 0.3 is 0 Å². The standard InChI is InChI=1S/C17H17ClN2O3S2/c1-3-23-11-4-5-12-14(10-11)25-17(20(12)8-9-22-2)19-16(21)13-6-7-15(18)24-13/h4-7,10H,3,8-9H2,1-2H3. The molecule has 8 heteroatoms. The number of fused-ring (bicyclic) bond motifs is 1. The van der Waals surface area contributed by atoms with Gasteiger partial charge in [0.2, 0.25) is 0 Å². The lowest BCUT2D eigenvalue weighted by atomic mass is 10.3. The molecule has 0 aliphatic rings. The molecule has 1 aromatic carbocycles. The minimum atomic E-state index is -0.292. The van der Waals surface area contributed by atoms with Crippen LogP contribution < -0.4 is 9.54 Å². The minimum absolute atomic E-state index is 0.292. The van der Waals surface area contributed by atoms with E-state index in [1.807, 2.05) is 29.7 Å². The van der Waals surface area contributed by atoms with E-state index in [0.29, 0.717) is 33.8 Å². The highest BCUT2D eigenvalue weighted by atomic mass is 35.5. The Balaban J connectivity index is 2.08. The molecule has 132 valence electrons. The number of carbonyl (C=O) groups is 1. The zero-order chi connectivity index (χ0) is 17.8. The average Bonchev–Trinajstić information content (AvgIpc) is 3.16. The Labute approximate surface area is 158 Å². The van der Waals surface area contributed by atoms with Crippen molar-refractivity contribution in [3.63, 3.8) is 0 Å². The van der Waals surface area contributed by atoms with Crippen LogP contribution in [0.4, 0.5) is 0 Å². The summed E-state index contributed by atoms with van der Waals surface area (Å²) in [6, 6.07) is 9.27. The van der Waals surface area contributed by atoms with Crippen molar-refractivity contribution in [2.75, 3.05) is 20.3 Å². The van der Waals surface area contributed by atoms with Gasteiger partial charge in [-0.1, -0.05) is 22.9 Å². The summed E-state index contributed by atoms with van der Waals surface area (Å²) in [7, 11) is 1.65. The molecule has 0 unspecified atom stereocenters. The predicted molar refractivity (Wildman–Crippen MR) is 102 cm³/mol. The molecular weight excluding hydrogens is 380 g/mol. The zero-order valence-electron chi connectivity index (χ0n) is 13.8. The second-order valence-corrected chi connectivity index (χ2v) is 7.84. The maximum Gasteiger partial charge on any atom is 0.289 e. The Hall–Kier alpha value is -1.67. The van der Waals surface area contributed by atoms with Gasteiger partial charge in [-0.25, -0.2) is 0 Å². The van der Waals surface area contributed by atoms with Crippen molar-refractivity contribution in [2.24, 2.45) is 4.99 Å². The third-order valence-electron chi connectivity index (χ3n) is 3.47. The van der Waals surface area contributed by atoms with Gasteiger partial charge in [-0.15, -0.1) is 11.3 Å². The van der Waals surface area contributed by atoms with E-state index in [1.165, 1.54) is 22.7 Å². The number of ether oxygens (including phenoxy) is 2. The third-order valence-corrected chi connectivity index (χ3v) is 5.73. The number of amides is 1. The number of thiazole rings is 1. The highest BCUT2D eigenvalue weighted by Crippen LogP contribution is 2.24. The number of thiophene rings is 1. The van der Waals surface area contributed by atoms with Crippen LogP contribution in [0, 0.1) is 0 Å². The number of nitrogens with zero attached hydrogens (tertiary/aromatic N) is 2. The highest BCUT2D eigenvalue weighted by Gasteiger charge is 2.11. The molecule has 0 saturated carbocycles. The maximum atomic E-state index is 12.4. The molecule has 0 spiro atoms. The zero-order valence-corrected chi connectivity index (χ0v) is 16.2.